The Morgan fingerprint density at radius 3 is 2.32 bits per heavy atom. The standard InChI is InChI=1S/C20H35N3O2/c1-2-25-19(24)23-13-8-20(16-23)14-18(15-20)22-11-6-17(7-12-22)21-9-4-3-5-10-21/h17-18H,2-16H2,1H3. The topological polar surface area (TPSA) is 36.0 Å². The second kappa shape index (κ2) is 7.43. The molecule has 1 saturated carbocycles. The lowest BCUT2D eigenvalue weighted by Gasteiger charge is -2.52. The Kier molecular flexibility index (Phi) is 5.23. The van der Waals surface area contributed by atoms with E-state index in [9.17, 15) is 4.79 Å². The Bertz CT molecular complexity index is 464. The van der Waals surface area contributed by atoms with Crippen molar-refractivity contribution in [2.24, 2.45) is 5.41 Å². The Morgan fingerprint density at radius 2 is 1.64 bits per heavy atom. The molecule has 0 atom stereocenters. The summed E-state index contributed by atoms with van der Waals surface area (Å²) in [5.41, 5.74) is 0.404. The SMILES string of the molecule is CCOC(=O)N1CCC2(CC(N3CCC(N4CCCCC4)CC3)C2)C1. The maximum absolute atomic E-state index is 11.9. The minimum Gasteiger partial charge on any atom is -0.450 e. The number of hydrogen-bond acceptors (Lipinski definition) is 4. The molecule has 0 aromatic rings. The zero-order chi connectivity index (χ0) is 17.3. The molecule has 5 heteroatoms. The minimum absolute atomic E-state index is 0.106. The summed E-state index contributed by atoms with van der Waals surface area (Å²) in [6, 6.07) is 1.61. The van der Waals surface area contributed by atoms with Gasteiger partial charge in [0.25, 0.3) is 0 Å². The lowest BCUT2D eigenvalue weighted by atomic mass is 9.64. The highest BCUT2D eigenvalue weighted by atomic mass is 16.6. The van der Waals surface area contributed by atoms with Gasteiger partial charge in [-0.05, 0) is 83.5 Å². The van der Waals surface area contributed by atoms with Crippen molar-refractivity contribution in [2.45, 2.75) is 70.4 Å². The maximum Gasteiger partial charge on any atom is 0.409 e. The van der Waals surface area contributed by atoms with Crippen LogP contribution in [0.5, 0.6) is 0 Å². The van der Waals surface area contributed by atoms with E-state index in [1.165, 1.54) is 77.5 Å². The Labute approximate surface area is 152 Å². The fraction of sp³-hybridized carbons (Fsp3) is 0.950. The van der Waals surface area contributed by atoms with E-state index >= 15 is 0 Å². The van der Waals surface area contributed by atoms with Crippen LogP contribution in [0, 0.1) is 5.41 Å². The van der Waals surface area contributed by atoms with Gasteiger partial charge in [0.15, 0.2) is 0 Å². The molecule has 142 valence electrons. The average molecular weight is 350 g/mol. The molecule has 0 aromatic heterocycles. The molecule has 1 spiro atoms. The van der Waals surface area contributed by atoms with Crippen molar-refractivity contribution < 1.29 is 9.53 Å². The van der Waals surface area contributed by atoms with Crippen LogP contribution in [0.25, 0.3) is 0 Å². The van der Waals surface area contributed by atoms with Crippen LogP contribution in [-0.2, 0) is 4.74 Å². The molecular formula is C20H35N3O2. The molecule has 5 nitrogen and oxygen atoms in total. The molecule has 0 N–H and O–H groups in total. The summed E-state index contributed by atoms with van der Waals surface area (Å²) in [4.78, 5) is 19.4. The zero-order valence-electron chi connectivity index (χ0n) is 15.9. The zero-order valence-corrected chi connectivity index (χ0v) is 15.9. The number of rotatable bonds is 3. The van der Waals surface area contributed by atoms with E-state index in [1.807, 2.05) is 11.8 Å². The second-order valence-corrected chi connectivity index (χ2v) is 8.80. The van der Waals surface area contributed by atoms with Crippen LogP contribution in [0.1, 0.15) is 58.3 Å². The molecule has 0 radical (unpaired) electrons. The van der Waals surface area contributed by atoms with Crippen LogP contribution in [0.4, 0.5) is 4.79 Å². The van der Waals surface area contributed by atoms with Gasteiger partial charge in [-0.2, -0.15) is 0 Å². The number of ether oxygens (including phenoxy) is 1. The van der Waals surface area contributed by atoms with Crippen LogP contribution in [0.15, 0.2) is 0 Å². The van der Waals surface area contributed by atoms with E-state index in [0.717, 1.165) is 25.2 Å². The van der Waals surface area contributed by atoms with Gasteiger partial charge in [0.2, 0.25) is 0 Å². The van der Waals surface area contributed by atoms with E-state index < -0.39 is 0 Å². The summed E-state index contributed by atoms with van der Waals surface area (Å²) >= 11 is 0. The fourth-order valence-electron chi connectivity index (χ4n) is 5.74. The van der Waals surface area contributed by atoms with Crippen molar-refractivity contribution in [2.75, 3.05) is 45.9 Å². The predicted molar refractivity (Wildman–Crippen MR) is 98.7 cm³/mol. The molecular weight excluding hydrogens is 314 g/mol. The maximum atomic E-state index is 11.9. The van der Waals surface area contributed by atoms with Crippen LogP contribution >= 0.6 is 0 Å². The van der Waals surface area contributed by atoms with Gasteiger partial charge >= 0.3 is 6.09 Å². The molecule has 1 amide bonds. The van der Waals surface area contributed by atoms with Crippen molar-refractivity contribution in [3.05, 3.63) is 0 Å². The largest absolute Gasteiger partial charge is 0.450 e. The first-order chi connectivity index (χ1) is 12.2. The molecule has 25 heavy (non-hydrogen) atoms. The molecule has 4 aliphatic rings. The first-order valence-corrected chi connectivity index (χ1v) is 10.6. The number of likely N-dealkylation sites (tertiary alicyclic amines) is 3. The summed E-state index contributed by atoms with van der Waals surface area (Å²) in [6.45, 7) is 9.41. The van der Waals surface area contributed by atoms with E-state index in [2.05, 4.69) is 9.80 Å². The third-order valence-corrected chi connectivity index (χ3v) is 7.22. The van der Waals surface area contributed by atoms with Crippen molar-refractivity contribution in [3.8, 4) is 0 Å². The number of carbonyl (C=O) groups is 1. The summed E-state index contributed by atoms with van der Waals surface area (Å²) in [5.74, 6) is 0. The smallest absolute Gasteiger partial charge is 0.409 e. The van der Waals surface area contributed by atoms with Crippen LogP contribution < -0.4 is 0 Å². The van der Waals surface area contributed by atoms with Crippen molar-refractivity contribution >= 4 is 6.09 Å². The number of hydrogen-bond donors (Lipinski definition) is 0. The van der Waals surface area contributed by atoms with E-state index in [0.29, 0.717) is 12.0 Å². The predicted octanol–water partition coefficient (Wildman–Crippen LogP) is 2.95. The highest BCUT2D eigenvalue weighted by Gasteiger charge is 2.51. The number of carbonyl (C=O) groups excluding carboxylic acids is 1. The molecule has 0 aromatic carbocycles. The number of piperidine rings is 2. The van der Waals surface area contributed by atoms with Gasteiger partial charge in [-0.3, -0.25) is 0 Å². The van der Waals surface area contributed by atoms with Gasteiger partial charge in [-0.1, -0.05) is 6.42 Å². The van der Waals surface area contributed by atoms with Crippen molar-refractivity contribution in [1.82, 2.24) is 14.7 Å². The van der Waals surface area contributed by atoms with Gasteiger partial charge in [0, 0.05) is 25.2 Å². The molecule has 3 saturated heterocycles. The van der Waals surface area contributed by atoms with Gasteiger partial charge in [-0.15, -0.1) is 0 Å². The summed E-state index contributed by atoms with van der Waals surface area (Å²) in [7, 11) is 0. The lowest BCUT2D eigenvalue weighted by Crippen LogP contribution is -2.56. The highest BCUT2D eigenvalue weighted by Crippen LogP contribution is 2.50. The molecule has 4 fully saturated rings. The minimum atomic E-state index is -0.106. The lowest BCUT2D eigenvalue weighted by molar-refractivity contribution is -0.0176. The van der Waals surface area contributed by atoms with E-state index in [1.54, 1.807) is 0 Å². The van der Waals surface area contributed by atoms with Gasteiger partial charge in [0.05, 0.1) is 6.61 Å². The first kappa shape index (κ1) is 17.6. The summed E-state index contributed by atoms with van der Waals surface area (Å²) < 4.78 is 5.17. The molecule has 0 bridgehead atoms. The quantitative estimate of drug-likeness (QED) is 0.785. The Hall–Kier alpha value is -0.810. The van der Waals surface area contributed by atoms with Crippen LogP contribution in [0.2, 0.25) is 0 Å². The number of amides is 1. The van der Waals surface area contributed by atoms with Crippen molar-refractivity contribution in [3.63, 3.8) is 0 Å². The first-order valence-electron chi connectivity index (χ1n) is 10.6. The monoisotopic (exact) mass is 349 g/mol. The normalized spacial score (nSPS) is 35.1. The third kappa shape index (κ3) is 3.68. The average Bonchev–Trinajstić information content (AvgIpc) is 3.08. The van der Waals surface area contributed by atoms with Gasteiger partial charge in [-0.25, -0.2) is 4.79 Å². The number of nitrogens with zero attached hydrogens (tertiary/aromatic N) is 3. The molecule has 4 rings (SSSR count). The van der Waals surface area contributed by atoms with Crippen LogP contribution in [0.3, 0.4) is 0 Å². The molecule has 3 aliphatic heterocycles. The van der Waals surface area contributed by atoms with Crippen molar-refractivity contribution in [1.29, 1.82) is 0 Å². The van der Waals surface area contributed by atoms with E-state index in [-0.39, 0.29) is 6.09 Å². The van der Waals surface area contributed by atoms with Crippen LogP contribution in [-0.4, -0.2) is 78.8 Å². The highest BCUT2D eigenvalue weighted by molar-refractivity contribution is 5.68. The Balaban J connectivity index is 1.21. The van der Waals surface area contributed by atoms with Gasteiger partial charge < -0.3 is 19.4 Å². The second-order valence-electron chi connectivity index (χ2n) is 8.80. The summed E-state index contributed by atoms with van der Waals surface area (Å²) in [6.07, 6.45) is 10.6. The molecule has 0 unspecified atom stereocenters. The van der Waals surface area contributed by atoms with Gasteiger partial charge in [0.1, 0.15) is 0 Å². The fourth-order valence-corrected chi connectivity index (χ4v) is 5.74. The molecule has 1 aliphatic carbocycles. The Morgan fingerprint density at radius 1 is 0.960 bits per heavy atom. The summed E-state index contributed by atoms with van der Waals surface area (Å²) in [5, 5.41) is 0. The van der Waals surface area contributed by atoms with E-state index in [4.69, 9.17) is 4.74 Å². The third-order valence-electron chi connectivity index (χ3n) is 7.22. The molecule has 3 heterocycles.